The highest BCUT2D eigenvalue weighted by Crippen LogP contribution is 2.23. The molecule has 0 saturated carbocycles. The van der Waals surface area contributed by atoms with Crippen molar-refractivity contribution in [2.75, 3.05) is 12.3 Å². The van der Waals surface area contributed by atoms with E-state index in [-0.39, 0.29) is 6.10 Å². The zero-order valence-corrected chi connectivity index (χ0v) is 16.3. The molecule has 138 valence electrons. The minimum Gasteiger partial charge on any atom is -0.399 e. The number of halogens is 1. The zero-order valence-electron chi connectivity index (χ0n) is 14.7. The number of nitrogens with zero attached hydrogens (tertiary/aromatic N) is 2. The molecule has 26 heavy (non-hydrogen) atoms. The summed E-state index contributed by atoms with van der Waals surface area (Å²) in [5.41, 5.74) is 7.83. The molecule has 2 aromatic heterocycles. The molecule has 0 saturated heterocycles. The molecular weight excluding hydrogens is 366 g/mol. The molecule has 3 aromatic rings. The predicted molar refractivity (Wildman–Crippen MR) is 109 cm³/mol. The molecule has 2 heterocycles. The van der Waals surface area contributed by atoms with Crippen LogP contribution in [0.2, 0.25) is 4.34 Å². The van der Waals surface area contributed by atoms with Gasteiger partial charge in [0.05, 0.1) is 16.8 Å². The maximum absolute atomic E-state index is 6.19. The third-order valence-electron chi connectivity index (χ3n) is 4.26. The normalized spacial score (nSPS) is 12.3. The Morgan fingerprint density at radius 2 is 2.00 bits per heavy atom. The second-order valence-electron chi connectivity index (χ2n) is 6.34. The highest BCUT2D eigenvalue weighted by Gasteiger charge is 2.11. The molecule has 0 aliphatic rings. The van der Waals surface area contributed by atoms with Gasteiger partial charge in [-0.2, -0.15) is 0 Å². The zero-order chi connectivity index (χ0) is 18.2. The summed E-state index contributed by atoms with van der Waals surface area (Å²) in [4.78, 5) is 5.42. The molecule has 6 heteroatoms. The maximum Gasteiger partial charge on any atom is 0.0946 e. The van der Waals surface area contributed by atoms with E-state index in [1.807, 2.05) is 30.7 Å². The van der Waals surface area contributed by atoms with Gasteiger partial charge in [-0.15, -0.1) is 11.3 Å². The Kier molecular flexibility index (Phi) is 7.12. The van der Waals surface area contributed by atoms with Gasteiger partial charge in [-0.05, 0) is 55.5 Å². The first-order valence-corrected chi connectivity index (χ1v) is 10.0. The summed E-state index contributed by atoms with van der Waals surface area (Å²) in [7, 11) is 0. The molecule has 3 rings (SSSR count). The molecule has 0 radical (unpaired) electrons. The number of aryl methyl sites for hydroxylation is 2. The van der Waals surface area contributed by atoms with Crippen molar-refractivity contribution in [3.8, 4) is 0 Å². The van der Waals surface area contributed by atoms with E-state index in [0.717, 1.165) is 48.9 Å². The van der Waals surface area contributed by atoms with Gasteiger partial charge in [0, 0.05) is 36.1 Å². The van der Waals surface area contributed by atoms with Crippen molar-refractivity contribution in [1.82, 2.24) is 9.55 Å². The van der Waals surface area contributed by atoms with E-state index >= 15 is 0 Å². The van der Waals surface area contributed by atoms with Crippen LogP contribution in [-0.2, 0) is 24.1 Å². The lowest BCUT2D eigenvalue weighted by Gasteiger charge is -2.18. The molecule has 1 aromatic carbocycles. The monoisotopic (exact) mass is 389 g/mol. The maximum atomic E-state index is 6.19. The Bertz CT molecular complexity index is 771. The molecule has 0 aliphatic carbocycles. The van der Waals surface area contributed by atoms with Gasteiger partial charge < -0.3 is 15.0 Å². The fraction of sp³-hybridized carbons (Fsp3) is 0.350. The number of thiophene rings is 1. The van der Waals surface area contributed by atoms with Gasteiger partial charge in [-0.25, -0.2) is 4.98 Å². The van der Waals surface area contributed by atoms with Crippen LogP contribution in [0.4, 0.5) is 5.69 Å². The van der Waals surface area contributed by atoms with E-state index in [9.17, 15) is 0 Å². The Hall–Kier alpha value is -1.82. The van der Waals surface area contributed by atoms with Gasteiger partial charge in [-0.3, -0.25) is 0 Å². The molecule has 0 aliphatic heterocycles. The van der Waals surface area contributed by atoms with Gasteiger partial charge in [-0.1, -0.05) is 23.7 Å². The summed E-state index contributed by atoms with van der Waals surface area (Å²) < 4.78 is 9.11. The van der Waals surface area contributed by atoms with Crippen molar-refractivity contribution in [1.29, 1.82) is 0 Å². The third kappa shape index (κ3) is 6.16. The van der Waals surface area contributed by atoms with Crippen LogP contribution in [0.3, 0.4) is 0 Å². The Balaban J connectivity index is 1.47. The van der Waals surface area contributed by atoms with Gasteiger partial charge in [0.15, 0.2) is 0 Å². The summed E-state index contributed by atoms with van der Waals surface area (Å²) in [6.07, 6.45) is 9.73. The Morgan fingerprint density at radius 3 is 2.69 bits per heavy atom. The van der Waals surface area contributed by atoms with E-state index in [1.54, 1.807) is 17.5 Å². The predicted octanol–water partition coefficient (Wildman–Crippen LogP) is 4.83. The highest BCUT2D eigenvalue weighted by atomic mass is 35.5. The highest BCUT2D eigenvalue weighted by molar-refractivity contribution is 7.16. The van der Waals surface area contributed by atoms with Gasteiger partial charge in [0.2, 0.25) is 0 Å². The molecule has 1 unspecified atom stereocenters. The number of rotatable bonds is 10. The number of hydrogen-bond donors (Lipinski definition) is 1. The van der Waals surface area contributed by atoms with Crippen molar-refractivity contribution in [3.05, 3.63) is 69.9 Å². The molecule has 2 N–H and O–H groups in total. The summed E-state index contributed by atoms with van der Waals surface area (Å²) in [5, 5.41) is 0. The van der Waals surface area contributed by atoms with Crippen LogP contribution in [0.25, 0.3) is 0 Å². The number of hydrogen-bond acceptors (Lipinski definition) is 4. The fourth-order valence-corrected chi connectivity index (χ4v) is 3.96. The molecule has 0 fully saturated rings. The van der Waals surface area contributed by atoms with Crippen LogP contribution in [0.1, 0.15) is 23.3 Å². The number of anilines is 1. The van der Waals surface area contributed by atoms with Gasteiger partial charge >= 0.3 is 0 Å². The number of aromatic nitrogens is 2. The lowest BCUT2D eigenvalue weighted by atomic mass is 10.1. The van der Waals surface area contributed by atoms with Gasteiger partial charge in [0.1, 0.15) is 0 Å². The lowest BCUT2D eigenvalue weighted by Crippen LogP contribution is -2.21. The molecule has 0 amide bonds. The topological polar surface area (TPSA) is 53.1 Å². The first-order valence-electron chi connectivity index (χ1n) is 8.85. The Labute approximate surface area is 163 Å². The van der Waals surface area contributed by atoms with Crippen molar-refractivity contribution >= 4 is 28.6 Å². The SMILES string of the molecule is Nc1ccc(CCCOC(CCc2ccc(Cl)s2)Cn2ccnc2)cc1. The second kappa shape index (κ2) is 9.76. The standard InChI is InChI=1S/C20H24ClN3OS/c21-20-10-9-19(26-20)8-7-18(14-24-12-11-23-15-24)25-13-1-2-16-3-5-17(22)6-4-16/h3-6,9-12,15,18H,1-2,7-8,13-14,22H2. The summed E-state index contributed by atoms with van der Waals surface area (Å²) in [6.45, 7) is 1.57. The van der Waals surface area contributed by atoms with Crippen LogP contribution in [0.15, 0.2) is 55.1 Å². The summed E-state index contributed by atoms with van der Waals surface area (Å²) in [6, 6.07) is 12.1. The fourth-order valence-electron chi connectivity index (χ4n) is 2.86. The number of nitrogen functional groups attached to an aromatic ring is 1. The van der Waals surface area contributed by atoms with Gasteiger partial charge in [0.25, 0.3) is 0 Å². The van der Waals surface area contributed by atoms with Crippen LogP contribution in [-0.4, -0.2) is 22.3 Å². The van der Waals surface area contributed by atoms with Crippen LogP contribution in [0, 0.1) is 0 Å². The second-order valence-corrected chi connectivity index (χ2v) is 8.14. The minimum absolute atomic E-state index is 0.163. The average Bonchev–Trinajstić information content (AvgIpc) is 3.29. The van der Waals surface area contributed by atoms with E-state index < -0.39 is 0 Å². The third-order valence-corrected chi connectivity index (χ3v) is 5.55. The first-order chi connectivity index (χ1) is 12.7. The van der Waals surface area contributed by atoms with E-state index in [2.05, 4.69) is 27.8 Å². The average molecular weight is 390 g/mol. The van der Waals surface area contributed by atoms with E-state index in [1.165, 1.54) is 10.4 Å². The molecular formula is C20H24ClN3OS. The van der Waals surface area contributed by atoms with E-state index in [4.69, 9.17) is 22.1 Å². The molecule has 1 atom stereocenters. The summed E-state index contributed by atoms with van der Waals surface area (Å²) in [5.74, 6) is 0. The van der Waals surface area contributed by atoms with Crippen LogP contribution < -0.4 is 5.73 Å². The first kappa shape index (κ1) is 19.0. The van der Waals surface area contributed by atoms with Crippen molar-refractivity contribution < 1.29 is 4.74 Å². The molecule has 4 nitrogen and oxygen atoms in total. The molecule has 0 spiro atoms. The van der Waals surface area contributed by atoms with Crippen LogP contribution in [0.5, 0.6) is 0 Å². The van der Waals surface area contributed by atoms with Crippen LogP contribution >= 0.6 is 22.9 Å². The van der Waals surface area contributed by atoms with Crippen molar-refractivity contribution in [2.24, 2.45) is 0 Å². The smallest absolute Gasteiger partial charge is 0.0946 e. The quantitative estimate of drug-likeness (QED) is 0.399. The van der Waals surface area contributed by atoms with Crippen molar-refractivity contribution in [2.45, 2.75) is 38.3 Å². The number of ether oxygens (including phenoxy) is 1. The number of benzene rings is 1. The molecule has 0 bridgehead atoms. The van der Waals surface area contributed by atoms with Crippen molar-refractivity contribution in [3.63, 3.8) is 0 Å². The van der Waals surface area contributed by atoms with E-state index in [0.29, 0.717) is 0 Å². The Morgan fingerprint density at radius 1 is 1.15 bits per heavy atom. The lowest BCUT2D eigenvalue weighted by molar-refractivity contribution is 0.0348. The minimum atomic E-state index is 0.163. The largest absolute Gasteiger partial charge is 0.399 e. The number of nitrogens with two attached hydrogens (primary N) is 1. The summed E-state index contributed by atoms with van der Waals surface area (Å²) >= 11 is 7.67. The number of imidazole rings is 1.